The van der Waals surface area contributed by atoms with Crippen LogP contribution in [0.3, 0.4) is 0 Å². The summed E-state index contributed by atoms with van der Waals surface area (Å²) in [4.78, 5) is -0.465. The molecular formula is C16H15N3O4S. The molecule has 1 aromatic heterocycles. The highest BCUT2D eigenvalue weighted by Gasteiger charge is 2.20. The van der Waals surface area contributed by atoms with Gasteiger partial charge in [0.2, 0.25) is 10.0 Å². The number of hydrogen-bond acceptors (Lipinski definition) is 5. The van der Waals surface area contributed by atoms with Crippen LogP contribution in [0.15, 0.2) is 53.6 Å². The molecule has 0 unspecified atom stereocenters. The van der Waals surface area contributed by atoms with E-state index in [0.29, 0.717) is 5.69 Å². The predicted octanol–water partition coefficient (Wildman–Crippen LogP) is 1.91. The molecule has 8 heteroatoms. The van der Waals surface area contributed by atoms with Crippen molar-refractivity contribution in [2.45, 2.75) is 11.8 Å². The summed E-state index contributed by atoms with van der Waals surface area (Å²) >= 11 is 0. The average Bonchev–Trinajstić information content (AvgIpc) is 2.95. The number of sulfonamides is 1. The number of hydrogen-bond donors (Lipinski definition) is 3. The minimum atomic E-state index is -4.14. The van der Waals surface area contributed by atoms with E-state index in [1.807, 2.05) is 31.2 Å². The Balaban J connectivity index is 2.26. The van der Waals surface area contributed by atoms with Crippen molar-refractivity contribution in [2.24, 2.45) is 5.14 Å². The second-order valence-corrected chi connectivity index (χ2v) is 6.83. The van der Waals surface area contributed by atoms with Crippen LogP contribution in [0.1, 0.15) is 5.56 Å². The second kappa shape index (κ2) is 5.66. The third kappa shape index (κ3) is 2.72. The molecule has 0 radical (unpaired) electrons. The van der Waals surface area contributed by atoms with Crippen molar-refractivity contribution in [3.05, 3.63) is 54.2 Å². The van der Waals surface area contributed by atoms with Crippen LogP contribution in [0.25, 0.3) is 16.9 Å². The largest absolute Gasteiger partial charge is 0.507 e. The van der Waals surface area contributed by atoms with Crippen molar-refractivity contribution in [1.29, 1.82) is 0 Å². The van der Waals surface area contributed by atoms with Gasteiger partial charge in [-0.2, -0.15) is 5.10 Å². The molecule has 0 aliphatic carbocycles. The van der Waals surface area contributed by atoms with E-state index < -0.39 is 20.7 Å². The van der Waals surface area contributed by atoms with Crippen LogP contribution in [0, 0.1) is 6.92 Å². The first-order valence-electron chi connectivity index (χ1n) is 6.98. The third-order valence-corrected chi connectivity index (χ3v) is 4.59. The second-order valence-electron chi connectivity index (χ2n) is 5.30. The van der Waals surface area contributed by atoms with E-state index in [9.17, 15) is 18.6 Å². The fraction of sp³-hybridized carbons (Fsp3) is 0.0625. The van der Waals surface area contributed by atoms with Gasteiger partial charge in [0.25, 0.3) is 0 Å². The van der Waals surface area contributed by atoms with Gasteiger partial charge in [-0.25, -0.2) is 18.2 Å². The van der Waals surface area contributed by atoms with Crippen molar-refractivity contribution < 1.29 is 18.6 Å². The number of nitrogens with two attached hydrogens (primary N) is 1. The zero-order valence-corrected chi connectivity index (χ0v) is 13.5. The maximum Gasteiger partial charge on any atom is 0.241 e. The lowest BCUT2D eigenvalue weighted by atomic mass is 10.1. The summed E-state index contributed by atoms with van der Waals surface area (Å²) in [7, 11) is -4.14. The maximum atomic E-state index is 11.6. The highest BCUT2D eigenvalue weighted by atomic mass is 32.2. The molecule has 3 aromatic rings. The Morgan fingerprint density at radius 3 is 2.46 bits per heavy atom. The molecule has 124 valence electrons. The Bertz CT molecular complexity index is 1030. The first-order chi connectivity index (χ1) is 11.3. The van der Waals surface area contributed by atoms with E-state index in [-0.39, 0.29) is 11.3 Å². The maximum absolute atomic E-state index is 11.6. The summed E-state index contributed by atoms with van der Waals surface area (Å²) in [6.07, 6.45) is 1.53. The third-order valence-electron chi connectivity index (χ3n) is 3.65. The standard InChI is InChI=1S/C16H15N3O4S/c1-10-4-2-3-5-12(10)19-13(6-7-18-19)11-8-16(24(17,22)23)15(21)9-14(11)20/h2-9,20-21H,1H3,(H2,17,22,23). The quantitative estimate of drug-likeness (QED) is 0.670. The molecule has 0 fully saturated rings. The summed E-state index contributed by atoms with van der Waals surface area (Å²) in [5.41, 5.74) is 2.39. The van der Waals surface area contributed by atoms with Gasteiger partial charge in [-0.3, -0.25) is 0 Å². The van der Waals surface area contributed by atoms with Crippen molar-refractivity contribution >= 4 is 10.0 Å². The van der Waals surface area contributed by atoms with Crippen LogP contribution in [-0.2, 0) is 10.0 Å². The van der Waals surface area contributed by atoms with Crippen molar-refractivity contribution in [3.63, 3.8) is 0 Å². The van der Waals surface area contributed by atoms with E-state index in [4.69, 9.17) is 5.14 Å². The molecule has 24 heavy (non-hydrogen) atoms. The van der Waals surface area contributed by atoms with Crippen LogP contribution < -0.4 is 5.14 Å². The number of aromatic nitrogens is 2. The Morgan fingerprint density at radius 2 is 1.79 bits per heavy atom. The van der Waals surface area contributed by atoms with Gasteiger partial charge in [0.15, 0.2) is 0 Å². The molecular weight excluding hydrogens is 330 g/mol. The molecule has 0 aliphatic heterocycles. The number of benzene rings is 2. The minimum absolute atomic E-state index is 0.192. The smallest absolute Gasteiger partial charge is 0.241 e. The summed E-state index contributed by atoms with van der Waals surface area (Å²) in [5.74, 6) is -0.893. The highest BCUT2D eigenvalue weighted by molar-refractivity contribution is 7.89. The zero-order valence-electron chi connectivity index (χ0n) is 12.7. The molecule has 0 saturated heterocycles. The fourth-order valence-electron chi connectivity index (χ4n) is 2.49. The van der Waals surface area contributed by atoms with Gasteiger partial charge in [0.1, 0.15) is 16.4 Å². The molecule has 2 aromatic carbocycles. The highest BCUT2D eigenvalue weighted by Crippen LogP contribution is 2.37. The number of phenolic OH excluding ortho intramolecular Hbond substituents is 2. The molecule has 4 N–H and O–H groups in total. The number of primary sulfonamides is 1. The Labute approximate surface area is 138 Å². The average molecular weight is 345 g/mol. The first kappa shape index (κ1) is 16.0. The van der Waals surface area contributed by atoms with E-state index in [1.165, 1.54) is 6.20 Å². The van der Waals surface area contributed by atoms with Crippen LogP contribution in [0.4, 0.5) is 0 Å². The van der Waals surface area contributed by atoms with Gasteiger partial charge in [0.05, 0.1) is 17.6 Å². The minimum Gasteiger partial charge on any atom is -0.507 e. The molecule has 0 bridgehead atoms. The topological polar surface area (TPSA) is 118 Å². The summed E-state index contributed by atoms with van der Waals surface area (Å²) in [5, 5.41) is 29.2. The number of phenols is 2. The monoisotopic (exact) mass is 345 g/mol. The number of para-hydroxylation sites is 1. The first-order valence-corrected chi connectivity index (χ1v) is 8.53. The normalized spacial score (nSPS) is 11.6. The zero-order chi connectivity index (χ0) is 17.5. The lowest BCUT2D eigenvalue weighted by Gasteiger charge is -2.13. The summed E-state index contributed by atoms with van der Waals surface area (Å²) in [6, 6.07) is 11.2. The predicted molar refractivity (Wildman–Crippen MR) is 88.4 cm³/mol. The van der Waals surface area contributed by atoms with Crippen molar-refractivity contribution in [1.82, 2.24) is 9.78 Å². The van der Waals surface area contributed by atoms with Crippen LogP contribution >= 0.6 is 0 Å². The number of nitrogens with zero attached hydrogens (tertiary/aromatic N) is 2. The van der Waals surface area contributed by atoms with E-state index in [0.717, 1.165) is 23.4 Å². The van der Waals surface area contributed by atoms with Crippen LogP contribution in [0.2, 0.25) is 0 Å². The number of aromatic hydroxyl groups is 2. The molecule has 0 amide bonds. The van der Waals surface area contributed by atoms with Crippen molar-refractivity contribution in [3.8, 4) is 28.4 Å². The number of aryl methyl sites for hydroxylation is 1. The van der Waals surface area contributed by atoms with E-state index in [1.54, 1.807) is 10.7 Å². The molecule has 1 heterocycles. The Hall–Kier alpha value is -2.84. The van der Waals surface area contributed by atoms with Crippen LogP contribution in [-0.4, -0.2) is 28.4 Å². The molecule has 7 nitrogen and oxygen atoms in total. The van der Waals surface area contributed by atoms with Gasteiger partial charge in [-0.15, -0.1) is 0 Å². The number of rotatable bonds is 3. The van der Waals surface area contributed by atoms with Gasteiger partial charge in [0, 0.05) is 11.6 Å². The molecule has 3 rings (SSSR count). The van der Waals surface area contributed by atoms with Crippen molar-refractivity contribution in [2.75, 3.05) is 0 Å². The van der Waals surface area contributed by atoms with E-state index in [2.05, 4.69) is 5.10 Å². The lowest BCUT2D eigenvalue weighted by molar-refractivity contribution is 0.440. The molecule has 0 aliphatic rings. The van der Waals surface area contributed by atoms with Gasteiger partial charge in [-0.05, 0) is 30.7 Å². The SMILES string of the molecule is Cc1ccccc1-n1nccc1-c1cc(S(N)(=O)=O)c(O)cc1O. The molecule has 0 spiro atoms. The van der Waals surface area contributed by atoms with Crippen LogP contribution in [0.5, 0.6) is 11.5 Å². The fourth-order valence-corrected chi connectivity index (χ4v) is 3.12. The van der Waals surface area contributed by atoms with Gasteiger partial charge >= 0.3 is 0 Å². The van der Waals surface area contributed by atoms with Gasteiger partial charge in [-0.1, -0.05) is 18.2 Å². The lowest BCUT2D eigenvalue weighted by Crippen LogP contribution is -2.12. The van der Waals surface area contributed by atoms with E-state index >= 15 is 0 Å². The Morgan fingerprint density at radius 1 is 1.08 bits per heavy atom. The summed E-state index contributed by atoms with van der Waals surface area (Å²) in [6.45, 7) is 1.91. The molecule has 0 atom stereocenters. The summed E-state index contributed by atoms with van der Waals surface area (Å²) < 4.78 is 24.8. The molecule has 0 saturated carbocycles. The Kier molecular flexibility index (Phi) is 3.78. The van der Waals surface area contributed by atoms with Gasteiger partial charge < -0.3 is 10.2 Å².